The van der Waals surface area contributed by atoms with Gasteiger partial charge in [0, 0.05) is 12.1 Å². The number of benzene rings is 1. The van der Waals surface area contributed by atoms with Crippen LogP contribution in [0.3, 0.4) is 0 Å². The van der Waals surface area contributed by atoms with Gasteiger partial charge in [-0.15, -0.1) is 0 Å². The smallest absolute Gasteiger partial charge is 0.129 e. The topological polar surface area (TPSA) is 12.0 Å². The molecule has 1 nitrogen and oxygen atoms in total. The molecule has 0 bridgehead atoms. The Balaban J connectivity index is 2.04. The van der Waals surface area contributed by atoms with Gasteiger partial charge in [-0.3, -0.25) is 0 Å². The fraction of sp³-hybridized carbons (Fsp3) is 0.667. The molecule has 0 radical (unpaired) electrons. The van der Waals surface area contributed by atoms with E-state index in [4.69, 9.17) is 0 Å². The summed E-state index contributed by atoms with van der Waals surface area (Å²) >= 11 is 0. The van der Waals surface area contributed by atoms with Crippen LogP contribution in [0.4, 0.5) is 8.78 Å². The Morgan fingerprint density at radius 1 is 1.19 bits per heavy atom. The van der Waals surface area contributed by atoms with E-state index in [0.717, 1.165) is 24.9 Å². The van der Waals surface area contributed by atoms with E-state index in [1.165, 1.54) is 31.7 Å². The minimum absolute atomic E-state index is 0.303. The first kappa shape index (κ1) is 16.4. The van der Waals surface area contributed by atoms with Gasteiger partial charge < -0.3 is 5.32 Å². The van der Waals surface area contributed by atoms with Gasteiger partial charge in [-0.25, -0.2) is 8.78 Å². The van der Waals surface area contributed by atoms with Gasteiger partial charge in [0.15, 0.2) is 0 Å². The van der Waals surface area contributed by atoms with Crippen LogP contribution in [0, 0.1) is 23.5 Å². The third-order valence-corrected chi connectivity index (χ3v) is 4.74. The Kier molecular flexibility index (Phi) is 6.16. The van der Waals surface area contributed by atoms with Crippen LogP contribution in [-0.2, 0) is 6.42 Å². The largest absolute Gasteiger partial charge is 0.313 e. The Bertz CT molecular complexity index is 439. The minimum atomic E-state index is -0.499. The van der Waals surface area contributed by atoms with Gasteiger partial charge in [0.05, 0.1) is 0 Å². The van der Waals surface area contributed by atoms with Crippen molar-refractivity contribution < 1.29 is 8.78 Å². The Morgan fingerprint density at radius 3 is 2.52 bits per heavy atom. The maximum Gasteiger partial charge on any atom is 0.129 e. The van der Waals surface area contributed by atoms with Crippen LogP contribution in [0.2, 0.25) is 0 Å². The van der Waals surface area contributed by atoms with Crippen molar-refractivity contribution in [2.24, 2.45) is 11.8 Å². The predicted molar refractivity (Wildman–Crippen MR) is 83.3 cm³/mol. The van der Waals surface area contributed by atoms with E-state index in [1.54, 1.807) is 6.07 Å². The zero-order valence-electron chi connectivity index (χ0n) is 13.2. The molecule has 2 rings (SSSR count). The molecule has 1 fully saturated rings. The van der Waals surface area contributed by atoms with Gasteiger partial charge in [-0.1, -0.05) is 32.8 Å². The van der Waals surface area contributed by atoms with Crippen molar-refractivity contribution in [1.29, 1.82) is 0 Å². The first-order chi connectivity index (χ1) is 10.1. The normalized spacial score (nSPS) is 24.0. The molecule has 1 saturated carbocycles. The van der Waals surface area contributed by atoms with E-state index < -0.39 is 11.6 Å². The Morgan fingerprint density at radius 2 is 1.90 bits per heavy atom. The molecular weight excluding hydrogens is 268 g/mol. The van der Waals surface area contributed by atoms with Crippen molar-refractivity contribution >= 4 is 0 Å². The number of hydrogen-bond donors (Lipinski definition) is 1. The zero-order valence-corrected chi connectivity index (χ0v) is 13.2. The van der Waals surface area contributed by atoms with Crippen molar-refractivity contribution in [3.8, 4) is 0 Å². The molecule has 1 atom stereocenters. The molecule has 0 heterocycles. The second kappa shape index (κ2) is 7.88. The third-order valence-electron chi connectivity index (χ3n) is 4.74. The fourth-order valence-corrected chi connectivity index (χ4v) is 3.35. The molecule has 3 heteroatoms. The summed E-state index contributed by atoms with van der Waals surface area (Å²) in [6, 6.07) is 4.25. The van der Waals surface area contributed by atoms with E-state index >= 15 is 0 Å². The molecule has 21 heavy (non-hydrogen) atoms. The van der Waals surface area contributed by atoms with Crippen LogP contribution in [0.5, 0.6) is 0 Å². The molecule has 0 amide bonds. The van der Waals surface area contributed by atoms with Crippen molar-refractivity contribution in [1.82, 2.24) is 5.32 Å². The number of hydrogen-bond acceptors (Lipinski definition) is 1. The highest BCUT2D eigenvalue weighted by Gasteiger charge is 2.26. The molecule has 0 spiro atoms. The first-order valence-corrected chi connectivity index (χ1v) is 8.27. The van der Waals surface area contributed by atoms with Gasteiger partial charge in [0.1, 0.15) is 11.6 Å². The second-order valence-corrected chi connectivity index (χ2v) is 6.52. The highest BCUT2D eigenvalue weighted by atomic mass is 19.1. The van der Waals surface area contributed by atoms with Crippen LogP contribution >= 0.6 is 0 Å². The van der Waals surface area contributed by atoms with E-state index in [0.29, 0.717) is 23.9 Å². The van der Waals surface area contributed by atoms with Gasteiger partial charge in [-0.05, 0) is 55.7 Å². The highest BCUT2D eigenvalue weighted by Crippen LogP contribution is 2.31. The van der Waals surface area contributed by atoms with Crippen molar-refractivity contribution in [2.75, 3.05) is 6.54 Å². The molecule has 0 aliphatic heterocycles. The molecule has 1 aromatic carbocycles. The minimum Gasteiger partial charge on any atom is -0.313 e. The van der Waals surface area contributed by atoms with Crippen LogP contribution in [0.25, 0.3) is 0 Å². The Labute approximate surface area is 127 Å². The summed E-state index contributed by atoms with van der Waals surface area (Å²) in [5.74, 6) is 0.510. The van der Waals surface area contributed by atoms with Gasteiger partial charge in [0.2, 0.25) is 0 Å². The van der Waals surface area contributed by atoms with Crippen molar-refractivity contribution in [3.05, 3.63) is 35.4 Å². The first-order valence-electron chi connectivity index (χ1n) is 8.27. The fourth-order valence-electron chi connectivity index (χ4n) is 3.35. The summed E-state index contributed by atoms with van der Waals surface area (Å²) in [5, 5.41) is 3.58. The maximum absolute atomic E-state index is 13.9. The van der Waals surface area contributed by atoms with Crippen molar-refractivity contribution in [3.63, 3.8) is 0 Å². The summed E-state index contributed by atoms with van der Waals surface area (Å²) < 4.78 is 26.9. The highest BCUT2D eigenvalue weighted by molar-refractivity contribution is 5.20. The average Bonchev–Trinajstić information content (AvgIpc) is 2.46. The van der Waals surface area contributed by atoms with Crippen LogP contribution in [-0.4, -0.2) is 12.6 Å². The molecule has 0 saturated heterocycles. The lowest BCUT2D eigenvalue weighted by Gasteiger charge is -2.33. The summed E-state index contributed by atoms with van der Waals surface area (Å²) in [7, 11) is 0. The van der Waals surface area contributed by atoms with Crippen molar-refractivity contribution in [2.45, 2.75) is 58.4 Å². The summed E-state index contributed by atoms with van der Waals surface area (Å²) in [6.45, 7) is 5.41. The number of halogens is 2. The molecule has 1 aliphatic carbocycles. The molecular formula is C18H27F2N. The zero-order chi connectivity index (χ0) is 15.2. The lowest BCUT2D eigenvalue weighted by Crippen LogP contribution is -2.40. The van der Waals surface area contributed by atoms with E-state index in [9.17, 15) is 8.78 Å². The lowest BCUT2D eigenvalue weighted by molar-refractivity contribution is 0.228. The third kappa shape index (κ3) is 4.77. The standard InChI is InChI=1S/C18H27F2N/c1-3-10-21-18(14-6-4-13(2)5-7-14)11-15-8-9-16(19)12-17(15)20/h8-9,12-14,18,21H,3-7,10-11H2,1-2H3. The van der Waals surface area contributed by atoms with E-state index in [2.05, 4.69) is 19.2 Å². The summed E-state index contributed by atoms with van der Waals surface area (Å²) in [4.78, 5) is 0. The second-order valence-electron chi connectivity index (χ2n) is 6.52. The maximum atomic E-state index is 13.9. The quantitative estimate of drug-likeness (QED) is 0.802. The molecule has 1 aliphatic rings. The monoisotopic (exact) mass is 295 g/mol. The summed E-state index contributed by atoms with van der Waals surface area (Å²) in [6.07, 6.45) is 6.69. The predicted octanol–water partition coefficient (Wildman–Crippen LogP) is 4.70. The lowest BCUT2D eigenvalue weighted by atomic mass is 9.77. The molecule has 1 N–H and O–H groups in total. The molecule has 0 aromatic heterocycles. The van der Waals surface area contributed by atoms with Gasteiger partial charge in [0.25, 0.3) is 0 Å². The Hall–Kier alpha value is -0.960. The van der Waals surface area contributed by atoms with Crippen LogP contribution in [0.15, 0.2) is 18.2 Å². The molecule has 1 aromatic rings. The number of rotatable bonds is 6. The van der Waals surface area contributed by atoms with Crippen LogP contribution < -0.4 is 5.32 Å². The van der Waals surface area contributed by atoms with E-state index in [-0.39, 0.29) is 0 Å². The molecule has 1 unspecified atom stereocenters. The van der Waals surface area contributed by atoms with Crippen LogP contribution in [0.1, 0.15) is 51.5 Å². The average molecular weight is 295 g/mol. The SMILES string of the molecule is CCCNC(Cc1ccc(F)cc1F)C1CCC(C)CC1. The van der Waals surface area contributed by atoms with E-state index in [1.807, 2.05) is 0 Å². The molecule has 118 valence electrons. The van der Waals surface area contributed by atoms with Gasteiger partial charge in [-0.2, -0.15) is 0 Å². The number of nitrogens with one attached hydrogen (secondary N) is 1. The van der Waals surface area contributed by atoms with Gasteiger partial charge >= 0.3 is 0 Å². The summed E-state index contributed by atoms with van der Waals surface area (Å²) in [5.41, 5.74) is 0.628.